The minimum atomic E-state index is -0.0156. The Hall–Kier alpha value is -0.480. The van der Waals surface area contributed by atoms with Gasteiger partial charge in [0.05, 0.1) is 0 Å². The van der Waals surface area contributed by atoms with Crippen molar-refractivity contribution in [2.45, 2.75) is 37.6 Å². The van der Waals surface area contributed by atoms with Crippen molar-refractivity contribution in [3.63, 3.8) is 0 Å². The molecule has 0 saturated heterocycles. The molecule has 1 unspecified atom stereocenters. The molecule has 0 amide bonds. The van der Waals surface area contributed by atoms with Crippen LogP contribution in [0.25, 0.3) is 0 Å². The topological polar surface area (TPSA) is 34.9 Å². The SMILES string of the molecule is CC(C)Cn1ccnc(SC(C)CCl)c1=O. The second-order valence-electron chi connectivity index (χ2n) is 4.17. The first kappa shape index (κ1) is 13.6. The van der Waals surface area contributed by atoms with E-state index in [1.807, 2.05) is 6.92 Å². The molecule has 0 fully saturated rings. The van der Waals surface area contributed by atoms with Gasteiger partial charge < -0.3 is 4.57 Å². The van der Waals surface area contributed by atoms with Crippen molar-refractivity contribution in [1.29, 1.82) is 0 Å². The highest BCUT2D eigenvalue weighted by Crippen LogP contribution is 2.18. The van der Waals surface area contributed by atoms with Crippen LogP contribution in [0.2, 0.25) is 0 Å². The van der Waals surface area contributed by atoms with Gasteiger partial charge in [0, 0.05) is 30.1 Å². The number of hydrogen-bond acceptors (Lipinski definition) is 3. The summed E-state index contributed by atoms with van der Waals surface area (Å²) in [5.74, 6) is 0.966. The van der Waals surface area contributed by atoms with E-state index in [1.54, 1.807) is 17.0 Å². The standard InChI is InChI=1S/C11H17ClN2OS/c1-8(2)7-14-5-4-13-10(11(14)15)16-9(3)6-12/h4-5,8-9H,6-7H2,1-3H3. The van der Waals surface area contributed by atoms with E-state index in [2.05, 4.69) is 18.8 Å². The second-order valence-corrected chi connectivity index (χ2v) is 5.90. The summed E-state index contributed by atoms with van der Waals surface area (Å²) in [6, 6.07) is 0. The lowest BCUT2D eigenvalue weighted by Gasteiger charge is -2.10. The minimum Gasteiger partial charge on any atom is -0.311 e. The zero-order valence-corrected chi connectivity index (χ0v) is 11.4. The molecule has 0 bridgehead atoms. The number of rotatable bonds is 5. The van der Waals surface area contributed by atoms with Crippen molar-refractivity contribution in [3.05, 3.63) is 22.7 Å². The second kappa shape index (κ2) is 6.30. The lowest BCUT2D eigenvalue weighted by atomic mass is 10.2. The van der Waals surface area contributed by atoms with Crippen molar-refractivity contribution in [3.8, 4) is 0 Å². The largest absolute Gasteiger partial charge is 0.311 e. The highest BCUT2D eigenvalue weighted by Gasteiger charge is 2.10. The van der Waals surface area contributed by atoms with Gasteiger partial charge in [-0.3, -0.25) is 4.79 Å². The molecule has 1 atom stereocenters. The molecule has 0 saturated carbocycles. The molecule has 0 aliphatic rings. The van der Waals surface area contributed by atoms with Crippen molar-refractivity contribution >= 4 is 23.4 Å². The van der Waals surface area contributed by atoms with Crippen LogP contribution in [-0.2, 0) is 6.54 Å². The maximum absolute atomic E-state index is 12.0. The van der Waals surface area contributed by atoms with Crippen LogP contribution in [0.5, 0.6) is 0 Å². The molecule has 0 aromatic carbocycles. The van der Waals surface area contributed by atoms with E-state index < -0.39 is 0 Å². The van der Waals surface area contributed by atoms with Crippen LogP contribution in [-0.4, -0.2) is 20.7 Å². The van der Waals surface area contributed by atoms with Gasteiger partial charge >= 0.3 is 0 Å². The van der Waals surface area contributed by atoms with Gasteiger partial charge in [0.15, 0.2) is 5.03 Å². The fourth-order valence-electron chi connectivity index (χ4n) is 1.27. The minimum absolute atomic E-state index is 0.0156. The zero-order chi connectivity index (χ0) is 12.1. The summed E-state index contributed by atoms with van der Waals surface area (Å²) >= 11 is 7.16. The first-order valence-corrected chi connectivity index (χ1v) is 6.74. The van der Waals surface area contributed by atoms with Crippen LogP contribution in [0.3, 0.4) is 0 Å². The monoisotopic (exact) mass is 260 g/mol. The lowest BCUT2D eigenvalue weighted by Crippen LogP contribution is -2.24. The van der Waals surface area contributed by atoms with Crippen molar-refractivity contribution in [2.24, 2.45) is 5.92 Å². The highest BCUT2D eigenvalue weighted by atomic mass is 35.5. The van der Waals surface area contributed by atoms with Crippen molar-refractivity contribution in [1.82, 2.24) is 9.55 Å². The first-order valence-electron chi connectivity index (χ1n) is 5.32. The van der Waals surface area contributed by atoms with Gasteiger partial charge in [-0.15, -0.1) is 11.6 Å². The predicted molar refractivity (Wildman–Crippen MR) is 69.4 cm³/mol. The molecule has 5 heteroatoms. The molecule has 1 aromatic rings. The highest BCUT2D eigenvalue weighted by molar-refractivity contribution is 7.99. The average molecular weight is 261 g/mol. The Morgan fingerprint density at radius 1 is 1.50 bits per heavy atom. The summed E-state index contributed by atoms with van der Waals surface area (Å²) in [6.45, 7) is 6.88. The molecular weight excluding hydrogens is 244 g/mol. The number of aromatic nitrogens is 2. The quantitative estimate of drug-likeness (QED) is 0.603. The maximum atomic E-state index is 12.0. The van der Waals surface area contributed by atoms with Gasteiger partial charge in [0.1, 0.15) is 0 Å². The number of nitrogens with zero attached hydrogens (tertiary/aromatic N) is 2. The van der Waals surface area contributed by atoms with Gasteiger partial charge in [-0.05, 0) is 5.92 Å². The van der Waals surface area contributed by atoms with Gasteiger partial charge in [0.25, 0.3) is 5.56 Å². The van der Waals surface area contributed by atoms with E-state index in [1.165, 1.54) is 11.8 Å². The van der Waals surface area contributed by atoms with E-state index in [-0.39, 0.29) is 10.8 Å². The van der Waals surface area contributed by atoms with E-state index in [0.29, 0.717) is 16.8 Å². The molecule has 16 heavy (non-hydrogen) atoms. The smallest absolute Gasteiger partial charge is 0.283 e. The van der Waals surface area contributed by atoms with E-state index in [9.17, 15) is 4.79 Å². The Morgan fingerprint density at radius 3 is 2.75 bits per heavy atom. The molecule has 3 nitrogen and oxygen atoms in total. The Bertz CT molecular complexity index is 392. The van der Waals surface area contributed by atoms with E-state index in [0.717, 1.165) is 6.54 Å². The fourth-order valence-corrected chi connectivity index (χ4v) is 2.24. The van der Waals surface area contributed by atoms with E-state index in [4.69, 9.17) is 11.6 Å². The third-order valence-electron chi connectivity index (χ3n) is 1.97. The van der Waals surface area contributed by atoms with Crippen LogP contribution >= 0.6 is 23.4 Å². The Kier molecular flexibility index (Phi) is 5.35. The fraction of sp³-hybridized carbons (Fsp3) is 0.636. The number of hydrogen-bond donors (Lipinski definition) is 0. The molecule has 0 N–H and O–H groups in total. The Morgan fingerprint density at radius 2 is 2.19 bits per heavy atom. The molecule has 0 spiro atoms. The zero-order valence-electron chi connectivity index (χ0n) is 9.81. The van der Waals surface area contributed by atoms with Crippen LogP contribution in [0, 0.1) is 5.92 Å². The normalized spacial score (nSPS) is 13.1. The molecular formula is C11H17ClN2OS. The van der Waals surface area contributed by atoms with Crippen LogP contribution in [0.4, 0.5) is 0 Å². The molecule has 1 heterocycles. The Balaban J connectivity index is 2.91. The number of halogens is 1. The average Bonchev–Trinajstić information content (AvgIpc) is 2.23. The molecule has 1 aromatic heterocycles. The summed E-state index contributed by atoms with van der Waals surface area (Å²) < 4.78 is 1.71. The molecule has 0 radical (unpaired) electrons. The van der Waals surface area contributed by atoms with Gasteiger partial charge in [-0.1, -0.05) is 32.5 Å². The summed E-state index contributed by atoms with van der Waals surface area (Å²) in [5.41, 5.74) is -0.0156. The van der Waals surface area contributed by atoms with Gasteiger partial charge in [-0.25, -0.2) is 4.98 Å². The molecule has 0 aliphatic carbocycles. The lowest BCUT2D eigenvalue weighted by molar-refractivity contribution is 0.502. The number of thioether (sulfide) groups is 1. The molecule has 1 rings (SSSR count). The predicted octanol–water partition coefficient (Wildman–Crippen LogP) is 2.62. The van der Waals surface area contributed by atoms with Crippen LogP contribution in [0.1, 0.15) is 20.8 Å². The first-order chi connectivity index (χ1) is 7.54. The molecule has 90 valence electrons. The third-order valence-corrected chi connectivity index (χ3v) is 3.69. The van der Waals surface area contributed by atoms with Crippen LogP contribution < -0.4 is 5.56 Å². The van der Waals surface area contributed by atoms with Crippen LogP contribution in [0.15, 0.2) is 22.2 Å². The van der Waals surface area contributed by atoms with Gasteiger partial charge in [-0.2, -0.15) is 0 Å². The summed E-state index contributed by atoms with van der Waals surface area (Å²) in [6.07, 6.45) is 3.41. The van der Waals surface area contributed by atoms with E-state index >= 15 is 0 Å². The van der Waals surface area contributed by atoms with Crippen molar-refractivity contribution < 1.29 is 0 Å². The summed E-state index contributed by atoms with van der Waals surface area (Å²) in [7, 11) is 0. The summed E-state index contributed by atoms with van der Waals surface area (Å²) in [4.78, 5) is 16.1. The number of alkyl halides is 1. The maximum Gasteiger partial charge on any atom is 0.283 e. The molecule has 0 aliphatic heterocycles. The Labute approximate surface area is 105 Å². The summed E-state index contributed by atoms with van der Waals surface area (Å²) in [5, 5.41) is 0.744. The third kappa shape index (κ3) is 3.83. The van der Waals surface area contributed by atoms with Gasteiger partial charge in [0.2, 0.25) is 0 Å². The van der Waals surface area contributed by atoms with Crippen molar-refractivity contribution in [2.75, 3.05) is 5.88 Å².